The molecule has 1 saturated carbocycles. The summed E-state index contributed by atoms with van der Waals surface area (Å²) in [5.41, 5.74) is 0.393. The minimum atomic E-state index is -0.747. The van der Waals surface area contributed by atoms with E-state index in [4.69, 9.17) is 5.11 Å². The Balaban J connectivity index is 1.82. The highest BCUT2D eigenvalue weighted by atomic mass is 16.4. The lowest BCUT2D eigenvalue weighted by atomic mass is 9.80. The Morgan fingerprint density at radius 2 is 2.17 bits per heavy atom. The first-order valence-electron chi connectivity index (χ1n) is 8.24. The molecule has 0 aromatic carbocycles. The topological polar surface area (TPSA) is 120 Å². The predicted molar refractivity (Wildman–Crippen MR) is 87.6 cm³/mol. The van der Waals surface area contributed by atoms with Crippen molar-refractivity contribution in [3.8, 4) is 0 Å². The highest BCUT2D eigenvalue weighted by Crippen LogP contribution is 2.37. The average Bonchev–Trinajstić information content (AvgIpc) is 2.98. The molecule has 1 fully saturated rings. The number of carbonyl (C=O) groups is 2. The first kappa shape index (κ1) is 16.7. The van der Waals surface area contributed by atoms with Crippen molar-refractivity contribution in [1.29, 1.82) is 0 Å². The van der Waals surface area contributed by atoms with E-state index in [9.17, 15) is 9.59 Å². The van der Waals surface area contributed by atoms with Crippen molar-refractivity contribution in [2.75, 3.05) is 19.4 Å². The second kappa shape index (κ2) is 6.78. The molecule has 0 bridgehead atoms. The normalized spacial score (nSPS) is 29.5. The van der Waals surface area contributed by atoms with E-state index < -0.39 is 5.97 Å². The van der Waals surface area contributed by atoms with Crippen LogP contribution in [0, 0.1) is 5.92 Å². The number of aliphatic carboxylic acids is 1. The van der Waals surface area contributed by atoms with Crippen LogP contribution in [0.2, 0.25) is 0 Å². The van der Waals surface area contributed by atoms with Crippen molar-refractivity contribution >= 4 is 17.7 Å². The third kappa shape index (κ3) is 3.09. The smallest absolute Gasteiger partial charge is 0.303 e. The SMILES string of the molecule is CNC1NC(=O)c2ncn([C@@H]3CC[C@@H](CC(=O)O)C[C@@H]3NC)c2N1. The fourth-order valence-corrected chi connectivity index (χ4v) is 3.76. The number of carbonyl (C=O) groups excluding carboxylic acids is 1. The van der Waals surface area contributed by atoms with Crippen LogP contribution in [0.15, 0.2) is 6.33 Å². The number of amides is 1. The molecule has 0 spiro atoms. The highest BCUT2D eigenvalue weighted by Gasteiger charge is 2.35. The fourth-order valence-electron chi connectivity index (χ4n) is 3.76. The van der Waals surface area contributed by atoms with Gasteiger partial charge >= 0.3 is 5.97 Å². The Bertz CT molecular complexity index is 631. The quantitative estimate of drug-likeness (QED) is 0.511. The summed E-state index contributed by atoms with van der Waals surface area (Å²) in [6, 6.07) is 0.272. The largest absolute Gasteiger partial charge is 0.481 e. The van der Waals surface area contributed by atoms with Crippen molar-refractivity contribution in [3.05, 3.63) is 12.0 Å². The van der Waals surface area contributed by atoms with Gasteiger partial charge < -0.3 is 25.6 Å². The van der Waals surface area contributed by atoms with E-state index in [1.54, 1.807) is 13.4 Å². The van der Waals surface area contributed by atoms with Crippen molar-refractivity contribution in [2.24, 2.45) is 5.92 Å². The van der Waals surface area contributed by atoms with Gasteiger partial charge in [-0.1, -0.05) is 0 Å². The molecule has 1 aliphatic carbocycles. The Hall–Kier alpha value is -2.13. The number of fused-ring (bicyclic) bond motifs is 1. The minimum absolute atomic E-state index is 0.132. The molecule has 9 nitrogen and oxygen atoms in total. The van der Waals surface area contributed by atoms with Gasteiger partial charge in [-0.05, 0) is 39.3 Å². The number of nitrogens with zero attached hydrogens (tertiary/aromatic N) is 2. The van der Waals surface area contributed by atoms with Crippen molar-refractivity contribution in [1.82, 2.24) is 25.5 Å². The van der Waals surface area contributed by atoms with E-state index in [2.05, 4.69) is 26.3 Å². The summed E-state index contributed by atoms with van der Waals surface area (Å²) < 4.78 is 2.01. The molecule has 24 heavy (non-hydrogen) atoms. The third-order valence-electron chi connectivity index (χ3n) is 4.97. The number of nitrogens with one attached hydrogen (secondary N) is 4. The molecular weight excluding hydrogens is 312 g/mol. The lowest BCUT2D eigenvalue weighted by molar-refractivity contribution is -0.138. The van der Waals surface area contributed by atoms with E-state index in [0.717, 1.165) is 19.3 Å². The van der Waals surface area contributed by atoms with Gasteiger partial charge in [-0.2, -0.15) is 0 Å². The van der Waals surface area contributed by atoms with Crippen molar-refractivity contribution in [3.63, 3.8) is 0 Å². The maximum Gasteiger partial charge on any atom is 0.303 e. The number of likely N-dealkylation sites (N-methyl/N-ethyl adjacent to an activating group) is 1. The van der Waals surface area contributed by atoms with Gasteiger partial charge in [-0.15, -0.1) is 0 Å². The maximum atomic E-state index is 12.1. The summed E-state index contributed by atoms with van der Waals surface area (Å²) in [5.74, 6) is -0.0668. The summed E-state index contributed by atoms with van der Waals surface area (Å²) in [6.07, 6.45) is 4.06. The first-order chi connectivity index (χ1) is 11.5. The number of carboxylic acids is 1. The van der Waals surface area contributed by atoms with Gasteiger partial charge in [0.05, 0.1) is 12.4 Å². The van der Waals surface area contributed by atoms with Crippen LogP contribution in [0.25, 0.3) is 0 Å². The number of rotatable bonds is 5. The van der Waals surface area contributed by atoms with Crippen LogP contribution in [-0.4, -0.2) is 53.0 Å². The van der Waals surface area contributed by atoms with Gasteiger partial charge in [0.1, 0.15) is 5.82 Å². The molecule has 1 amide bonds. The molecule has 5 N–H and O–H groups in total. The van der Waals surface area contributed by atoms with Gasteiger partial charge in [-0.3, -0.25) is 14.9 Å². The number of carboxylic acid groups (broad SMARTS) is 1. The average molecular weight is 336 g/mol. The zero-order chi connectivity index (χ0) is 17.3. The Kier molecular flexibility index (Phi) is 4.72. The maximum absolute atomic E-state index is 12.1. The molecule has 0 radical (unpaired) electrons. The molecule has 1 aromatic heterocycles. The van der Waals surface area contributed by atoms with Crippen molar-refractivity contribution < 1.29 is 14.7 Å². The Morgan fingerprint density at radius 1 is 1.38 bits per heavy atom. The van der Waals surface area contributed by atoms with Crippen LogP contribution in [0.5, 0.6) is 0 Å². The zero-order valence-corrected chi connectivity index (χ0v) is 13.9. The van der Waals surface area contributed by atoms with E-state index in [1.165, 1.54) is 0 Å². The minimum Gasteiger partial charge on any atom is -0.481 e. The van der Waals surface area contributed by atoms with E-state index in [1.807, 2.05) is 11.6 Å². The van der Waals surface area contributed by atoms with Gasteiger partial charge in [0, 0.05) is 12.5 Å². The monoisotopic (exact) mass is 336 g/mol. The van der Waals surface area contributed by atoms with Crippen LogP contribution >= 0.6 is 0 Å². The number of hydrogen-bond acceptors (Lipinski definition) is 6. The molecule has 0 saturated heterocycles. The molecule has 1 unspecified atom stereocenters. The summed E-state index contributed by atoms with van der Waals surface area (Å²) in [6.45, 7) is 0. The second-order valence-corrected chi connectivity index (χ2v) is 6.43. The summed E-state index contributed by atoms with van der Waals surface area (Å²) in [7, 11) is 3.65. The van der Waals surface area contributed by atoms with Crippen LogP contribution in [0.3, 0.4) is 0 Å². The third-order valence-corrected chi connectivity index (χ3v) is 4.97. The number of hydrogen-bond donors (Lipinski definition) is 5. The summed E-state index contributed by atoms with van der Waals surface area (Å²) >= 11 is 0. The van der Waals surface area contributed by atoms with Crippen LogP contribution in [-0.2, 0) is 4.79 Å². The van der Waals surface area contributed by atoms with E-state index in [-0.39, 0.29) is 36.6 Å². The van der Waals surface area contributed by atoms with Crippen LogP contribution in [0.4, 0.5) is 5.82 Å². The molecular formula is C15H24N6O3. The van der Waals surface area contributed by atoms with E-state index in [0.29, 0.717) is 11.5 Å². The number of imidazole rings is 1. The molecule has 1 aliphatic heterocycles. The highest BCUT2D eigenvalue weighted by molar-refractivity contribution is 5.99. The standard InChI is InChI=1S/C15H24N6O3/c1-16-9-5-8(6-11(22)23)3-4-10(9)21-7-18-12-13(21)19-15(17-2)20-14(12)24/h7-10,15-17,19H,3-6H2,1-2H3,(H,20,24)(H,22,23)/t8-,9+,10-,15?/m1/s1. The molecule has 1 aromatic rings. The summed E-state index contributed by atoms with van der Waals surface area (Å²) in [5, 5.41) is 21.3. The van der Waals surface area contributed by atoms with Gasteiger partial charge in [-0.25, -0.2) is 4.98 Å². The lowest BCUT2D eigenvalue weighted by Gasteiger charge is -2.38. The predicted octanol–water partition coefficient (Wildman–Crippen LogP) is -0.0547. The Labute approximate surface area is 140 Å². The number of anilines is 1. The first-order valence-corrected chi connectivity index (χ1v) is 8.24. The second-order valence-electron chi connectivity index (χ2n) is 6.43. The van der Waals surface area contributed by atoms with Crippen LogP contribution in [0.1, 0.15) is 42.2 Å². The van der Waals surface area contributed by atoms with Gasteiger partial charge in [0.25, 0.3) is 5.91 Å². The van der Waals surface area contributed by atoms with Crippen molar-refractivity contribution in [2.45, 2.75) is 44.1 Å². The van der Waals surface area contributed by atoms with E-state index >= 15 is 0 Å². The molecule has 3 rings (SSSR count). The van der Waals surface area contributed by atoms with Crippen LogP contribution < -0.4 is 21.3 Å². The zero-order valence-electron chi connectivity index (χ0n) is 13.9. The van der Waals surface area contributed by atoms with Gasteiger partial charge in [0.15, 0.2) is 12.0 Å². The molecule has 132 valence electrons. The lowest BCUT2D eigenvalue weighted by Crippen LogP contribution is -2.53. The molecule has 2 aliphatic rings. The fraction of sp³-hybridized carbons (Fsp3) is 0.667. The summed E-state index contributed by atoms with van der Waals surface area (Å²) in [4.78, 5) is 27.4. The number of aromatic nitrogens is 2. The molecule has 2 heterocycles. The molecule has 9 heteroatoms. The van der Waals surface area contributed by atoms with Gasteiger partial charge in [0.2, 0.25) is 0 Å². The molecule has 4 atom stereocenters. The Morgan fingerprint density at radius 3 is 2.83 bits per heavy atom.